The van der Waals surface area contributed by atoms with Crippen LogP contribution in [-0.2, 0) is 0 Å². The molecule has 0 spiro atoms. The maximum atomic E-state index is 6.61. The number of rotatable bonds is 8. The molecule has 12 rings (SSSR count). The van der Waals surface area contributed by atoms with E-state index in [1.54, 1.807) is 0 Å². The average Bonchev–Trinajstić information content (AvgIpc) is 3.79. The highest BCUT2D eigenvalue weighted by molar-refractivity contribution is 6.20. The second-order valence-corrected chi connectivity index (χ2v) is 16.4. The summed E-state index contributed by atoms with van der Waals surface area (Å²) in [7, 11) is 0. The van der Waals surface area contributed by atoms with Gasteiger partial charge < -0.3 is 4.42 Å². The summed E-state index contributed by atoms with van der Waals surface area (Å²) in [6.07, 6.45) is 0. The molecule has 10 aromatic carbocycles. The van der Waals surface area contributed by atoms with Gasteiger partial charge in [0.15, 0.2) is 17.5 Å². The first-order chi connectivity index (χ1) is 32.2. The van der Waals surface area contributed by atoms with Gasteiger partial charge in [-0.05, 0) is 85.1 Å². The van der Waals surface area contributed by atoms with Gasteiger partial charge in [0, 0.05) is 33.0 Å². The Morgan fingerprint density at radius 1 is 0.262 bits per heavy atom. The van der Waals surface area contributed by atoms with E-state index in [4.69, 9.17) is 19.4 Å². The molecule has 4 heteroatoms. The van der Waals surface area contributed by atoms with Crippen LogP contribution in [0.4, 0.5) is 0 Å². The van der Waals surface area contributed by atoms with Crippen molar-refractivity contribution in [3.05, 3.63) is 237 Å². The van der Waals surface area contributed by atoms with E-state index in [1.807, 2.05) is 12.1 Å². The van der Waals surface area contributed by atoms with Gasteiger partial charge in [-0.3, -0.25) is 0 Å². The van der Waals surface area contributed by atoms with Crippen LogP contribution in [0.15, 0.2) is 241 Å². The van der Waals surface area contributed by atoms with Crippen molar-refractivity contribution >= 4 is 32.7 Å². The zero-order valence-electron chi connectivity index (χ0n) is 35.3. The third-order valence-corrected chi connectivity index (χ3v) is 12.3. The number of benzene rings is 10. The summed E-state index contributed by atoms with van der Waals surface area (Å²) < 4.78 is 6.61. The molecule has 0 bridgehead atoms. The molecule has 0 aliphatic rings. The van der Waals surface area contributed by atoms with Crippen LogP contribution in [0.2, 0.25) is 0 Å². The largest absolute Gasteiger partial charge is 0.455 e. The van der Waals surface area contributed by atoms with Crippen LogP contribution in [0.3, 0.4) is 0 Å². The van der Waals surface area contributed by atoms with Crippen molar-refractivity contribution in [2.75, 3.05) is 0 Å². The summed E-state index contributed by atoms with van der Waals surface area (Å²) in [6.45, 7) is 0. The van der Waals surface area contributed by atoms with Crippen LogP contribution < -0.4 is 0 Å². The Bertz CT molecular complexity index is 3590. The lowest BCUT2D eigenvalue weighted by Crippen LogP contribution is -2.00. The summed E-state index contributed by atoms with van der Waals surface area (Å²) in [5.41, 5.74) is 15.8. The minimum atomic E-state index is 0.614. The third-order valence-electron chi connectivity index (χ3n) is 12.3. The molecule has 0 fully saturated rings. The van der Waals surface area contributed by atoms with Gasteiger partial charge in [0.1, 0.15) is 11.2 Å². The standard InChI is InChI=1S/C61H39N3O/c1-3-13-40(14-4-1)42-27-31-45(32-28-42)59-62-60(46-33-29-43(30-34-46)41-15-5-2-6-16-41)64-61(63-59)52-23-11-21-50(39-52)48-19-9-18-47(37-48)49-20-10-22-51(38-49)54-25-12-26-55-57-53-24-8-7-17-44(53)35-36-56(57)65-58(54)55/h1-39H. The van der Waals surface area contributed by atoms with Crippen LogP contribution in [0.1, 0.15) is 0 Å². The van der Waals surface area contributed by atoms with Crippen molar-refractivity contribution < 1.29 is 4.42 Å². The van der Waals surface area contributed by atoms with Crippen molar-refractivity contribution in [3.8, 4) is 89.8 Å². The molecule has 0 amide bonds. The van der Waals surface area contributed by atoms with E-state index in [-0.39, 0.29) is 0 Å². The zero-order valence-corrected chi connectivity index (χ0v) is 35.3. The molecular formula is C61H39N3O. The normalized spacial score (nSPS) is 11.4. The maximum absolute atomic E-state index is 6.61. The molecule has 0 atom stereocenters. The van der Waals surface area contributed by atoms with Gasteiger partial charge in [0.05, 0.1) is 0 Å². The molecule has 0 N–H and O–H groups in total. The highest BCUT2D eigenvalue weighted by Gasteiger charge is 2.17. The van der Waals surface area contributed by atoms with Gasteiger partial charge in [-0.15, -0.1) is 0 Å². The van der Waals surface area contributed by atoms with Crippen molar-refractivity contribution in [1.29, 1.82) is 0 Å². The number of aromatic nitrogens is 3. The molecule has 4 nitrogen and oxygen atoms in total. The molecule has 0 aliphatic carbocycles. The maximum Gasteiger partial charge on any atom is 0.164 e. The van der Waals surface area contributed by atoms with E-state index in [0.29, 0.717) is 17.5 Å². The summed E-state index contributed by atoms with van der Waals surface area (Å²) in [5.74, 6) is 1.86. The molecule has 0 saturated heterocycles. The fourth-order valence-electron chi connectivity index (χ4n) is 9.03. The minimum absolute atomic E-state index is 0.614. The average molecular weight is 830 g/mol. The van der Waals surface area contributed by atoms with E-state index in [2.05, 4.69) is 224 Å². The third kappa shape index (κ3) is 7.23. The fraction of sp³-hybridized carbons (Fsp3) is 0. The number of fused-ring (bicyclic) bond motifs is 5. The number of hydrogen-bond donors (Lipinski definition) is 0. The van der Waals surface area contributed by atoms with Crippen LogP contribution in [0, 0.1) is 0 Å². The van der Waals surface area contributed by atoms with E-state index < -0.39 is 0 Å². The molecule has 12 aromatic rings. The van der Waals surface area contributed by atoms with Gasteiger partial charge in [0.2, 0.25) is 0 Å². The van der Waals surface area contributed by atoms with Crippen molar-refractivity contribution in [2.24, 2.45) is 0 Å². The number of para-hydroxylation sites is 1. The summed E-state index contributed by atoms with van der Waals surface area (Å²) in [5, 5.41) is 4.69. The Balaban J connectivity index is 0.901. The molecule has 0 radical (unpaired) electrons. The van der Waals surface area contributed by atoms with Crippen LogP contribution >= 0.6 is 0 Å². The van der Waals surface area contributed by atoms with Crippen LogP contribution in [-0.4, -0.2) is 15.0 Å². The summed E-state index contributed by atoms with van der Waals surface area (Å²) in [4.78, 5) is 15.3. The second-order valence-electron chi connectivity index (χ2n) is 16.4. The first kappa shape index (κ1) is 38.0. The van der Waals surface area contributed by atoms with E-state index in [1.165, 1.54) is 10.8 Å². The summed E-state index contributed by atoms with van der Waals surface area (Å²) in [6, 6.07) is 82.9. The SMILES string of the molecule is c1ccc(-c2ccc(-c3nc(-c4ccc(-c5ccccc5)cc4)nc(-c4cccc(-c5cccc(-c6cccc(-c7cccc8c7oc7ccc9ccccc9c78)c6)c5)c4)n3)cc2)cc1. The Morgan fingerprint density at radius 2 is 0.662 bits per heavy atom. The monoisotopic (exact) mass is 829 g/mol. The van der Waals surface area contributed by atoms with E-state index >= 15 is 0 Å². The lowest BCUT2D eigenvalue weighted by Gasteiger charge is -2.11. The Hall–Kier alpha value is -8.73. The molecule has 304 valence electrons. The lowest BCUT2D eigenvalue weighted by atomic mass is 9.95. The van der Waals surface area contributed by atoms with Gasteiger partial charge in [-0.25, -0.2) is 15.0 Å². The van der Waals surface area contributed by atoms with Gasteiger partial charge in [-0.2, -0.15) is 0 Å². The van der Waals surface area contributed by atoms with Crippen LogP contribution in [0.25, 0.3) is 123 Å². The van der Waals surface area contributed by atoms with Crippen molar-refractivity contribution in [1.82, 2.24) is 15.0 Å². The molecular weight excluding hydrogens is 791 g/mol. The minimum Gasteiger partial charge on any atom is -0.455 e. The number of furan rings is 1. The Labute approximate surface area is 376 Å². The highest BCUT2D eigenvalue weighted by Crippen LogP contribution is 2.40. The molecule has 2 aromatic heterocycles. The number of hydrogen-bond acceptors (Lipinski definition) is 4. The zero-order chi connectivity index (χ0) is 43.1. The van der Waals surface area contributed by atoms with E-state index in [0.717, 1.165) is 94.3 Å². The van der Waals surface area contributed by atoms with E-state index in [9.17, 15) is 0 Å². The van der Waals surface area contributed by atoms with Gasteiger partial charge in [-0.1, -0.05) is 212 Å². The first-order valence-electron chi connectivity index (χ1n) is 21.9. The Morgan fingerprint density at radius 3 is 1.25 bits per heavy atom. The molecule has 2 heterocycles. The predicted octanol–water partition coefficient (Wildman–Crippen LogP) is 16.3. The van der Waals surface area contributed by atoms with Crippen molar-refractivity contribution in [2.45, 2.75) is 0 Å². The predicted molar refractivity (Wildman–Crippen MR) is 268 cm³/mol. The highest BCUT2D eigenvalue weighted by atomic mass is 16.3. The van der Waals surface area contributed by atoms with Gasteiger partial charge >= 0.3 is 0 Å². The van der Waals surface area contributed by atoms with Crippen molar-refractivity contribution in [3.63, 3.8) is 0 Å². The first-order valence-corrected chi connectivity index (χ1v) is 21.9. The molecule has 0 aliphatic heterocycles. The Kier molecular flexibility index (Phi) is 9.46. The van der Waals surface area contributed by atoms with Gasteiger partial charge in [0.25, 0.3) is 0 Å². The lowest BCUT2D eigenvalue weighted by molar-refractivity contribution is 0.670. The smallest absolute Gasteiger partial charge is 0.164 e. The second kappa shape index (κ2) is 16.2. The topological polar surface area (TPSA) is 51.8 Å². The quantitative estimate of drug-likeness (QED) is 0.153. The van der Waals surface area contributed by atoms with Crippen LogP contribution in [0.5, 0.6) is 0 Å². The molecule has 0 unspecified atom stereocenters. The fourth-order valence-corrected chi connectivity index (χ4v) is 9.03. The molecule has 65 heavy (non-hydrogen) atoms. The number of nitrogens with zero attached hydrogens (tertiary/aromatic N) is 3. The molecule has 0 saturated carbocycles. The summed E-state index contributed by atoms with van der Waals surface area (Å²) >= 11 is 0.